The second-order valence-corrected chi connectivity index (χ2v) is 5.88. The summed E-state index contributed by atoms with van der Waals surface area (Å²) in [6, 6.07) is 9.99. The van der Waals surface area contributed by atoms with Gasteiger partial charge in [-0.3, -0.25) is 19.8 Å². The summed E-state index contributed by atoms with van der Waals surface area (Å²) in [5, 5.41) is 13.5. The molecule has 1 amide bonds. The Morgan fingerprint density at radius 3 is 2.50 bits per heavy atom. The Balaban J connectivity index is 1.95. The van der Waals surface area contributed by atoms with E-state index >= 15 is 0 Å². The standard InChI is InChI=1S/C18H19F2N3O5/c1-22(10-12-3-6-14(7-4-12)28-18(19)20)11-17(24)21-15-9-13(23(25)26)5-8-16(15)27-2/h3-9,18H,10-11H2,1-2H3,(H,21,24). The molecule has 0 spiro atoms. The third-order valence-electron chi connectivity index (χ3n) is 3.68. The van der Waals surface area contributed by atoms with Gasteiger partial charge in [-0.2, -0.15) is 8.78 Å². The number of anilines is 1. The molecule has 28 heavy (non-hydrogen) atoms. The number of carbonyl (C=O) groups excluding carboxylic acids is 1. The zero-order chi connectivity index (χ0) is 20.7. The first kappa shape index (κ1) is 21.0. The Bertz CT molecular complexity index is 830. The van der Waals surface area contributed by atoms with Crippen LogP contribution in [-0.2, 0) is 11.3 Å². The van der Waals surface area contributed by atoms with Crippen molar-refractivity contribution in [3.05, 3.63) is 58.1 Å². The normalized spacial score (nSPS) is 10.8. The van der Waals surface area contributed by atoms with Gasteiger partial charge in [0.15, 0.2) is 0 Å². The number of rotatable bonds is 9. The Labute approximate surface area is 159 Å². The van der Waals surface area contributed by atoms with Crippen molar-refractivity contribution < 1.29 is 28.0 Å². The average Bonchev–Trinajstić information content (AvgIpc) is 2.62. The number of nitro groups is 1. The summed E-state index contributed by atoms with van der Waals surface area (Å²) in [5.74, 6) is -0.0351. The van der Waals surface area contributed by atoms with E-state index in [9.17, 15) is 23.7 Å². The van der Waals surface area contributed by atoms with Crippen molar-refractivity contribution in [1.82, 2.24) is 4.90 Å². The molecule has 0 bridgehead atoms. The number of halogens is 2. The fourth-order valence-electron chi connectivity index (χ4n) is 2.49. The zero-order valence-electron chi connectivity index (χ0n) is 15.2. The summed E-state index contributed by atoms with van der Waals surface area (Å²) in [6.45, 7) is -2.50. The number of nitro benzene ring substituents is 1. The number of nitrogens with one attached hydrogen (secondary N) is 1. The number of hydrogen-bond acceptors (Lipinski definition) is 6. The van der Waals surface area contributed by atoms with Crippen molar-refractivity contribution in [1.29, 1.82) is 0 Å². The van der Waals surface area contributed by atoms with E-state index in [-0.39, 0.29) is 29.6 Å². The highest BCUT2D eigenvalue weighted by Crippen LogP contribution is 2.28. The largest absolute Gasteiger partial charge is 0.495 e. The molecule has 0 aliphatic rings. The molecule has 0 saturated carbocycles. The Hall–Kier alpha value is -3.27. The first-order valence-corrected chi connectivity index (χ1v) is 8.13. The molecule has 1 N–H and O–H groups in total. The van der Waals surface area contributed by atoms with Crippen LogP contribution >= 0.6 is 0 Å². The number of alkyl halides is 2. The highest BCUT2D eigenvalue weighted by atomic mass is 19.3. The van der Waals surface area contributed by atoms with Crippen molar-refractivity contribution in [2.75, 3.05) is 26.0 Å². The van der Waals surface area contributed by atoms with Gasteiger partial charge in [0.25, 0.3) is 5.69 Å². The van der Waals surface area contributed by atoms with Gasteiger partial charge in [-0.25, -0.2) is 0 Å². The van der Waals surface area contributed by atoms with E-state index in [1.807, 2.05) is 0 Å². The molecule has 10 heteroatoms. The van der Waals surface area contributed by atoms with Crippen LogP contribution in [0.2, 0.25) is 0 Å². The van der Waals surface area contributed by atoms with E-state index in [1.54, 1.807) is 24.1 Å². The maximum Gasteiger partial charge on any atom is 0.387 e. The lowest BCUT2D eigenvalue weighted by Crippen LogP contribution is -2.30. The molecule has 0 aliphatic heterocycles. The van der Waals surface area contributed by atoms with Crippen LogP contribution in [0, 0.1) is 10.1 Å². The predicted molar refractivity (Wildman–Crippen MR) is 97.7 cm³/mol. The van der Waals surface area contributed by atoms with E-state index in [4.69, 9.17) is 4.74 Å². The average molecular weight is 395 g/mol. The van der Waals surface area contributed by atoms with Crippen LogP contribution in [0.5, 0.6) is 11.5 Å². The van der Waals surface area contributed by atoms with E-state index in [1.165, 1.54) is 37.4 Å². The number of non-ortho nitro benzene ring substituents is 1. The second-order valence-electron chi connectivity index (χ2n) is 5.88. The van der Waals surface area contributed by atoms with Gasteiger partial charge in [-0.15, -0.1) is 0 Å². The fourth-order valence-corrected chi connectivity index (χ4v) is 2.49. The SMILES string of the molecule is COc1ccc([N+](=O)[O-])cc1NC(=O)CN(C)Cc1ccc(OC(F)F)cc1. The second kappa shape index (κ2) is 9.60. The summed E-state index contributed by atoms with van der Waals surface area (Å²) in [5.41, 5.74) is 0.823. The van der Waals surface area contributed by atoms with E-state index < -0.39 is 11.5 Å². The molecular weight excluding hydrogens is 376 g/mol. The van der Waals surface area contributed by atoms with E-state index in [0.717, 1.165) is 5.56 Å². The van der Waals surface area contributed by atoms with Crippen LogP contribution in [0.25, 0.3) is 0 Å². The molecule has 0 aliphatic carbocycles. The molecule has 0 saturated heterocycles. The topological polar surface area (TPSA) is 93.9 Å². The number of likely N-dealkylation sites (N-methyl/N-ethyl adjacent to an activating group) is 1. The van der Waals surface area contributed by atoms with Gasteiger partial charge in [0.05, 0.1) is 24.3 Å². The highest BCUT2D eigenvalue weighted by Gasteiger charge is 2.15. The number of carbonyl (C=O) groups is 1. The van der Waals surface area contributed by atoms with Crippen molar-refractivity contribution in [2.45, 2.75) is 13.2 Å². The molecule has 2 aromatic rings. The van der Waals surface area contributed by atoms with Crippen LogP contribution in [0.15, 0.2) is 42.5 Å². The van der Waals surface area contributed by atoms with Gasteiger partial charge in [-0.05, 0) is 30.8 Å². The monoisotopic (exact) mass is 395 g/mol. The molecule has 2 rings (SSSR count). The highest BCUT2D eigenvalue weighted by molar-refractivity contribution is 5.94. The van der Waals surface area contributed by atoms with Crippen LogP contribution in [0.3, 0.4) is 0 Å². The Kier molecular flexibility index (Phi) is 7.21. The summed E-state index contributed by atoms with van der Waals surface area (Å²) < 4.78 is 33.7. The van der Waals surface area contributed by atoms with E-state index in [2.05, 4.69) is 10.1 Å². The first-order chi connectivity index (χ1) is 13.3. The molecule has 0 unspecified atom stereocenters. The minimum atomic E-state index is -2.89. The van der Waals surface area contributed by atoms with Gasteiger partial charge >= 0.3 is 6.61 Å². The Morgan fingerprint density at radius 2 is 1.93 bits per heavy atom. The Morgan fingerprint density at radius 1 is 1.25 bits per heavy atom. The van der Waals surface area contributed by atoms with Crippen molar-refractivity contribution in [2.24, 2.45) is 0 Å². The van der Waals surface area contributed by atoms with Gasteiger partial charge in [0.2, 0.25) is 5.91 Å². The van der Waals surface area contributed by atoms with Crippen LogP contribution < -0.4 is 14.8 Å². The van der Waals surface area contributed by atoms with Gasteiger partial charge in [0.1, 0.15) is 11.5 Å². The molecule has 0 heterocycles. The molecular formula is C18H19F2N3O5. The van der Waals surface area contributed by atoms with Crippen molar-refractivity contribution in [3.63, 3.8) is 0 Å². The van der Waals surface area contributed by atoms with Gasteiger partial charge in [-0.1, -0.05) is 12.1 Å². The number of ether oxygens (including phenoxy) is 2. The lowest BCUT2D eigenvalue weighted by molar-refractivity contribution is -0.384. The molecule has 8 nitrogen and oxygen atoms in total. The van der Waals surface area contributed by atoms with Crippen LogP contribution in [-0.4, -0.2) is 43.0 Å². The molecule has 0 atom stereocenters. The molecule has 150 valence electrons. The van der Waals surface area contributed by atoms with E-state index in [0.29, 0.717) is 12.3 Å². The lowest BCUT2D eigenvalue weighted by Gasteiger charge is -2.17. The number of nitrogens with zero attached hydrogens (tertiary/aromatic N) is 2. The minimum absolute atomic E-state index is 0.00112. The first-order valence-electron chi connectivity index (χ1n) is 8.13. The molecule has 0 radical (unpaired) electrons. The van der Waals surface area contributed by atoms with Gasteiger partial charge in [0, 0.05) is 18.7 Å². The van der Waals surface area contributed by atoms with Crippen LogP contribution in [0.4, 0.5) is 20.2 Å². The molecule has 0 aromatic heterocycles. The number of amides is 1. The third-order valence-corrected chi connectivity index (χ3v) is 3.68. The van der Waals surface area contributed by atoms with Crippen molar-refractivity contribution >= 4 is 17.3 Å². The summed E-state index contributed by atoms with van der Waals surface area (Å²) in [4.78, 5) is 24.3. The van der Waals surface area contributed by atoms with Gasteiger partial charge < -0.3 is 14.8 Å². The summed E-state index contributed by atoms with van der Waals surface area (Å²) in [7, 11) is 3.10. The summed E-state index contributed by atoms with van der Waals surface area (Å²) in [6.07, 6.45) is 0. The van der Waals surface area contributed by atoms with Crippen molar-refractivity contribution in [3.8, 4) is 11.5 Å². The molecule has 0 fully saturated rings. The number of hydrogen-bond donors (Lipinski definition) is 1. The smallest absolute Gasteiger partial charge is 0.387 e. The number of benzene rings is 2. The predicted octanol–water partition coefficient (Wildman–Crippen LogP) is 3.28. The lowest BCUT2D eigenvalue weighted by atomic mass is 10.2. The summed E-state index contributed by atoms with van der Waals surface area (Å²) >= 11 is 0. The van der Waals surface area contributed by atoms with Crippen LogP contribution in [0.1, 0.15) is 5.56 Å². The molecule has 2 aromatic carbocycles. The zero-order valence-corrected chi connectivity index (χ0v) is 15.2. The quantitative estimate of drug-likeness (QED) is 0.517. The number of methoxy groups -OCH3 is 1. The third kappa shape index (κ3) is 6.16. The minimum Gasteiger partial charge on any atom is -0.495 e. The maximum absolute atomic E-state index is 12.3. The maximum atomic E-state index is 12.3. The fraction of sp³-hybridized carbons (Fsp3) is 0.278.